The summed E-state index contributed by atoms with van der Waals surface area (Å²) in [6.07, 6.45) is 4.97. The molecule has 9 heteroatoms. The summed E-state index contributed by atoms with van der Waals surface area (Å²) < 4.78 is 31.4. The molecule has 1 aliphatic carbocycles. The number of rotatable bonds is 7. The fraction of sp³-hybridized carbons (Fsp3) is 0.360. The van der Waals surface area contributed by atoms with Crippen molar-refractivity contribution in [2.24, 2.45) is 7.05 Å². The predicted molar refractivity (Wildman–Crippen MR) is 132 cm³/mol. The second-order valence-electron chi connectivity index (χ2n) is 8.64. The molecule has 0 saturated heterocycles. The van der Waals surface area contributed by atoms with Crippen molar-refractivity contribution in [2.75, 3.05) is 10.8 Å². The molecule has 0 aliphatic heterocycles. The van der Waals surface area contributed by atoms with E-state index in [1.807, 2.05) is 6.07 Å². The molecule has 0 radical (unpaired) electrons. The smallest absolute Gasteiger partial charge is 0.296 e. The number of carbonyl (C=O) groups is 1. The van der Waals surface area contributed by atoms with Crippen LogP contribution >= 0.6 is 0 Å². The van der Waals surface area contributed by atoms with Gasteiger partial charge in [0.2, 0.25) is 5.91 Å². The highest BCUT2D eigenvalue weighted by Crippen LogP contribution is 2.25. The van der Waals surface area contributed by atoms with Gasteiger partial charge < -0.3 is 5.32 Å². The molecule has 0 spiro atoms. The fourth-order valence-corrected chi connectivity index (χ4v) is 5.99. The minimum atomic E-state index is -4.17. The van der Waals surface area contributed by atoms with Gasteiger partial charge in [-0.25, -0.2) is 17.4 Å². The zero-order valence-electron chi connectivity index (χ0n) is 19.5. The maximum absolute atomic E-state index is 13.7. The van der Waals surface area contributed by atoms with Gasteiger partial charge in [-0.15, -0.1) is 0 Å². The summed E-state index contributed by atoms with van der Waals surface area (Å²) in [4.78, 5) is 26.7. The van der Waals surface area contributed by atoms with Gasteiger partial charge in [0, 0.05) is 13.1 Å². The molecule has 1 amide bonds. The number of carbonyl (C=O) groups excluding carboxylic acids is 1. The average Bonchev–Trinajstić information content (AvgIpc) is 3.07. The lowest BCUT2D eigenvalue weighted by Gasteiger charge is -2.26. The number of para-hydroxylation sites is 1. The zero-order chi connectivity index (χ0) is 24.3. The molecule has 2 aromatic carbocycles. The number of hydrogen-bond donors (Lipinski definition) is 1. The molecule has 4 rings (SSSR count). The van der Waals surface area contributed by atoms with Crippen molar-refractivity contribution in [3.8, 4) is 5.69 Å². The quantitative estimate of drug-likeness (QED) is 0.560. The summed E-state index contributed by atoms with van der Waals surface area (Å²) in [6.45, 7) is 1.21. The second-order valence-corrected chi connectivity index (χ2v) is 10.5. The summed E-state index contributed by atoms with van der Waals surface area (Å²) >= 11 is 0. The minimum absolute atomic E-state index is 0.0226. The highest BCUT2D eigenvalue weighted by molar-refractivity contribution is 7.92. The van der Waals surface area contributed by atoms with E-state index in [0.29, 0.717) is 11.4 Å². The van der Waals surface area contributed by atoms with E-state index in [9.17, 15) is 18.0 Å². The van der Waals surface area contributed by atoms with Crippen LogP contribution in [0.25, 0.3) is 5.69 Å². The van der Waals surface area contributed by atoms with E-state index in [-0.39, 0.29) is 16.6 Å². The third-order valence-corrected chi connectivity index (χ3v) is 8.12. The molecule has 1 N–H and O–H groups in total. The van der Waals surface area contributed by atoms with Crippen LogP contribution in [-0.4, -0.2) is 36.3 Å². The van der Waals surface area contributed by atoms with Crippen LogP contribution in [-0.2, 0) is 21.9 Å². The molecule has 8 nitrogen and oxygen atoms in total. The van der Waals surface area contributed by atoms with Crippen LogP contribution in [0.2, 0.25) is 0 Å². The largest absolute Gasteiger partial charge is 0.352 e. The van der Waals surface area contributed by atoms with Crippen LogP contribution in [0.5, 0.6) is 0 Å². The number of sulfonamides is 1. The van der Waals surface area contributed by atoms with E-state index in [2.05, 4.69) is 5.32 Å². The standard InChI is InChI=1S/C25H30N4O4S/c1-19-24(25(31)29(27(19)2)21-14-8-4-9-15-21)28(34(32,33)22-16-10-5-11-17-22)18-23(30)26-20-12-6-3-7-13-20/h4-5,8-11,14-17,20H,3,6-7,12-13,18H2,1-2H3,(H,26,30). The Morgan fingerprint density at radius 1 is 1.00 bits per heavy atom. The lowest BCUT2D eigenvalue weighted by atomic mass is 9.95. The van der Waals surface area contributed by atoms with Crippen molar-refractivity contribution in [3.05, 3.63) is 76.7 Å². The second kappa shape index (κ2) is 9.89. The van der Waals surface area contributed by atoms with E-state index in [0.717, 1.165) is 36.4 Å². The van der Waals surface area contributed by atoms with E-state index in [1.54, 1.807) is 61.1 Å². The maximum atomic E-state index is 13.7. The highest BCUT2D eigenvalue weighted by Gasteiger charge is 2.33. The van der Waals surface area contributed by atoms with Gasteiger partial charge in [0.15, 0.2) is 0 Å². The lowest BCUT2D eigenvalue weighted by Crippen LogP contribution is -2.46. The van der Waals surface area contributed by atoms with E-state index >= 15 is 0 Å². The first-order chi connectivity index (χ1) is 16.3. The zero-order valence-corrected chi connectivity index (χ0v) is 20.3. The molecule has 34 heavy (non-hydrogen) atoms. The molecule has 0 bridgehead atoms. The first kappa shape index (κ1) is 23.8. The number of hydrogen-bond acceptors (Lipinski definition) is 4. The molecule has 1 aliphatic rings. The molecule has 180 valence electrons. The van der Waals surface area contributed by atoms with Crippen LogP contribution in [0, 0.1) is 6.92 Å². The Bertz CT molecular complexity index is 1310. The van der Waals surface area contributed by atoms with Gasteiger partial charge in [-0.1, -0.05) is 55.7 Å². The molecule has 1 fully saturated rings. The van der Waals surface area contributed by atoms with Crippen molar-refractivity contribution in [1.82, 2.24) is 14.7 Å². The Hall–Kier alpha value is -3.33. The molecule has 0 unspecified atom stereocenters. The Kier molecular flexibility index (Phi) is 6.92. The average molecular weight is 483 g/mol. The third kappa shape index (κ3) is 4.65. The normalized spacial score (nSPS) is 14.6. The predicted octanol–water partition coefficient (Wildman–Crippen LogP) is 3.13. The lowest BCUT2D eigenvalue weighted by molar-refractivity contribution is -0.120. The Labute approximate surface area is 199 Å². The van der Waals surface area contributed by atoms with Crippen LogP contribution in [0.3, 0.4) is 0 Å². The van der Waals surface area contributed by atoms with Crippen molar-refractivity contribution < 1.29 is 13.2 Å². The first-order valence-electron chi connectivity index (χ1n) is 11.5. The van der Waals surface area contributed by atoms with Gasteiger partial charge in [0.25, 0.3) is 15.6 Å². The number of benzene rings is 2. The van der Waals surface area contributed by atoms with Crippen LogP contribution in [0.15, 0.2) is 70.4 Å². The number of nitrogens with one attached hydrogen (secondary N) is 1. The summed E-state index contributed by atoms with van der Waals surface area (Å²) in [6, 6.07) is 16.9. The fourth-order valence-electron chi connectivity index (χ4n) is 4.50. The maximum Gasteiger partial charge on any atom is 0.296 e. The third-order valence-electron chi connectivity index (χ3n) is 6.36. The molecule has 3 aromatic rings. The first-order valence-corrected chi connectivity index (χ1v) is 13.0. The number of anilines is 1. The van der Waals surface area contributed by atoms with E-state index in [4.69, 9.17) is 0 Å². The molecular weight excluding hydrogens is 452 g/mol. The van der Waals surface area contributed by atoms with Gasteiger partial charge in [-0.2, -0.15) is 0 Å². The Morgan fingerprint density at radius 2 is 1.59 bits per heavy atom. The number of nitrogens with zero attached hydrogens (tertiary/aromatic N) is 3. The summed E-state index contributed by atoms with van der Waals surface area (Å²) in [5.41, 5.74) is 0.511. The van der Waals surface area contributed by atoms with Crippen LogP contribution in [0.4, 0.5) is 5.69 Å². The highest BCUT2D eigenvalue weighted by atomic mass is 32.2. The molecular formula is C25H30N4O4S. The van der Waals surface area contributed by atoms with Crippen molar-refractivity contribution >= 4 is 21.6 Å². The van der Waals surface area contributed by atoms with Gasteiger partial charge in [0.1, 0.15) is 12.2 Å². The van der Waals surface area contributed by atoms with Crippen molar-refractivity contribution in [2.45, 2.75) is 50.0 Å². The van der Waals surface area contributed by atoms with Gasteiger partial charge in [0.05, 0.1) is 16.3 Å². The number of amides is 1. The molecule has 1 heterocycles. The monoisotopic (exact) mass is 482 g/mol. The van der Waals surface area contributed by atoms with Crippen LogP contribution < -0.4 is 15.2 Å². The van der Waals surface area contributed by atoms with Crippen molar-refractivity contribution in [3.63, 3.8) is 0 Å². The summed E-state index contributed by atoms with van der Waals surface area (Å²) in [5, 5.41) is 2.97. The number of aromatic nitrogens is 2. The molecule has 1 saturated carbocycles. The van der Waals surface area contributed by atoms with Gasteiger partial charge in [-0.3, -0.25) is 14.3 Å². The SMILES string of the molecule is Cc1c(N(CC(=O)NC2CCCCC2)S(=O)(=O)c2ccccc2)c(=O)n(-c2ccccc2)n1C. The Balaban J connectivity index is 1.79. The topological polar surface area (TPSA) is 93.4 Å². The molecule has 1 aromatic heterocycles. The molecule has 0 atom stereocenters. The van der Waals surface area contributed by atoms with Gasteiger partial charge in [-0.05, 0) is 44.0 Å². The van der Waals surface area contributed by atoms with E-state index in [1.165, 1.54) is 16.8 Å². The van der Waals surface area contributed by atoms with E-state index < -0.39 is 28.0 Å². The van der Waals surface area contributed by atoms with Crippen molar-refractivity contribution in [1.29, 1.82) is 0 Å². The Morgan fingerprint density at radius 3 is 2.21 bits per heavy atom. The summed E-state index contributed by atoms with van der Waals surface area (Å²) in [5.74, 6) is -0.416. The summed E-state index contributed by atoms with van der Waals surface area (Å²) in [7, 11) is -2.48. The van der Waals surface area contributed by atoms with Crippen LogP contribution in [0.1, 0.15) is 37.8 Å². The minimum Gasteiger partial charge on any atom is -0.352 e. The van der Waals surface area contributed by atoms with Gasteiger partial charge >= 0.3 is 0 Å².